The predicted octanol–water partition coefficient (Wildman–Crippen LogP) is -0.540. The summed E-state index contributed by atoms with van der Waals surface area (Å²) >= 11 is 0. The van der Waals surface area contributed by atoms with Crippen molar-refractivity contribution < 1.29 is 23.9 Å². The molecule has 7 heteroatoms. The number of likely N-dealkylation sites (N-methyl/N-ethyl adjacent to an activating group) is 1. The molecule has 0 aromatic heterocycles. The molecule has 0 fully saturated rings. The number of nitrogens with zero attached hydrogens (tertiary/aromatic N) is 1. The number of quaternary nitrogens is 1. The van der Waals surface area contributed by atoms with E-state index >= 15 is 0 Å². The summed E-state index contributed by atoms with van der Waals surface area (Å²) in [5.41, 5.74) is 5.09. The Hall–Kier alpha value is -0.850. The maximum Gasteiger partial charge on any atom is 0.320 e. The summed E-state index contributed by atoms with van der Waals surface area (Å²) in [4.78, 5) is 21.5. The minimum atomic E-state index is -0.988. The normalized spacial score (nSPS) is 12.5. The number of hydrogen-bond donors (Lipinski definition) is 2. The quantitative estimate of drug-likeness (QED) is 0.492. The van der Waals surface area contributed by atoms with Gasteiger partial charge >= 0.3 is 11.9 Å². The highest BCUT2D eigenvalue weighted by Crippen LogP contribution is 2.04. The van der Waals surface area contributed by atoms with Crippen molar-refractivity contribution in [3.8, 4) is 0 Å². The van der Waals surface area contributed by atoms with E-state index in [4.69, 9.17) is 15.6 Å². The zero-order chi connectivity index (χ0) is 12.1. The molecule has 0 saturated carbocycles. The zero-order valence-electron chi connectivity index (χ0n) is 9.80. The number of nitrogens with two attached hydrogens (primary N) is 1. The maximum absolute atomic E-state index is 10.9. The van der Waals surface area contributed by atoms with Crippen molar-refractivity contribution >= 4 is 24.3 Å². The van der Waals surface area contributed by atoms with Crippen LogP contribution in [0.3, 0.4) is 0 Å². The van der Waals surface area contributed by atoms with Gasteiger partial charge in [-0.1, -0.05) is 0 Å². The Bertz CT molecular complexity index is 240. The number of rotatable bonds is 6. The van der Waals surface area contributed by atoms with Crippen LogP contribution in [0.2, 0.25) is 0 Å². The van der Waals surface area contributed by atoms with Gasteiger partial charge in [-0.25, -0.2) is 0 Å². The third kappa shape index (κ3) is 9.70. The van der Waals surface area contributed by atoms with Gasteiger partial charge in [-0.05, 0) is 0 Å². The molecule has 0 unspecified atom stereocenters. The van der Waals surface area contributed by atoms with E-state index in [0.29, 0.717) is 11.0 Å². The second-order valence-corrected chi connectivity index (χ2v) is 4.39. The van der Waals surface area contributed by atoms with Crippen LogP contribution in [0, 0.1) is 0 Å². The number of halogens is 1. The Morgan fingerprint density at radius 2 is 1.88 bits per heavy atom. The molecule has 0 aromatic rings. The molecule has 6 nitrogen and oxygen atoms in total. The second-order valence-electron chi connectivity index (χ2n) is 4.39. The van der Waals surface area contributed by atoms with E-state index in [2.05, 4.69) is 0 Å². The highest BCUT2D eigenvalue weighted by Gasteiger charge is 2.24. The molecule has 96 valence electrons. The summed E-state index contributed by atoms with van der Waals surface area (Å²) in [5.74, 6) is -1.56. The minimum absolute atomic E-state index is 0. The number of carboxylic acid groups (broad SMARTS) is 1. The lowest BCUT2D eigenvalue weighted by molar-refractivity contribution is -0.873. The molecule has 0 heterocycles. The fourth-order valence-electron chi connectivity index (χ4n) is 1.18. The minimum Gasteiger partial charge on any atom is -0.481 e. The molecule has 0 spiro atoms. The standard InChI is InChI=1S/C9H18N2O4.ClH/c1-11(2,3)6-7(4-8(12)13)15-9(14)5-10;/h7H,4-6,10H2,1-3H3;1H/p+1/t7-;/m0./s1. The number of hydrogen-bond acceptors (Lipinski definition) is 4. The van der Waals surface area contributed by atoms with Crippen molar-refractivity contribution in [3.05, 3.63) is 0 Å². The van der Waals surface area contributed by atoms with Crippen LogP contribution in [-0.2, 0) is 14.3 Å². The monoisotopic (exact) mass is 255 g/mol. The number of carboxylic acids is 1. The molecule has 0 bridgehead atoms. The Morgan fingerprint density at radius 1 is 1.38 bits per heavy atom. The smallest absolute Gasteiger partial charge is 0.320 e. The van der Waals surface area contributed by atoms with Crippen molar-refractivity contribution in [2.75, 3.05) is 34.2 Å². The number of carbonyl (C=O) groups is 2. The third-order valence-electron chi connectivity index (χ3n) is 1.62. The van der Waals surface area contributed by atoms with Gasteiger partial charge in [0.25, 0.3) is 0 Å². The summed E-state index contributed by atoms with van der Waals surface area (Å²) in [6.07, 6.45) is -0.820. The maximum atomic E-state index is 10.9. The van der Waals surface area contributed by atoms with Crippen LogP contribution in [0.5, 0.6) is 0 Å². The molecule has 3 N–H and O–H groups in total. The van der Waals surface area contributed by atoms with Gasteiger partial charge in [0.15, 0.2) is 6.10 Å². The van der Waals surface area contributed by atoms with Crippen molar-refractivity contribution in [2.24, 2.45) is 5.73 Å². The first-order chi connectivity index (χ1) is 6.74. The van der Waals surface area contributed by atoms with E-state index in [-0.39, 0.29) is 25.4 Å². The van der Waals surface area contributed by atoms with Gasteiger partial charge in [0.1, 0.15) is 6.54 Å². The number of aliphatic carboxylic acids is 1. The van der Waals surface area contributed by atoms with Gasteiger partial charge in [-0.2, -0.15) is 0 Å². The van der Waals surface area contributed by atoms with Gasteiger partial charge in [0.05, 0.1) is 34.1 Å². The zero-order valence-corrected chi connectivity index (χ0v) is 10.6. The number of esters is 1. The first kappa shape index (κ1) is 17.5. The number of ether oxygens (including phenoxy) is 1. The van der Waals surface area contributed by atoms with Crippen LogP contribution in [-0.4, -0.2) is 61.9 Å². The van der Waals surface area contributed by atoms with Crippen LogP contribution < -0.4 is 5.73 Å². The van der Waals surface area contributed by atoms with E-state index in [0.717, 1.165) is 0 Å². The van der Waals surface area contributed by atoms with E-state index in [1.807, 2.05) is 21.1 Å². The summed E-state index contributed by atoms with van der Waals surface area (Å²) in [5, 5.41) is 8.64. The average Bonchev–Trinajstić information content (AvgIpc) is 1.99. The molecule has 0 aliphatic carbocycles. The van der Waals surface area contributed by atoms with Crippen molar-refractivity contribution in [1.82, 2.24) is 0 Å². The van der Waals surface area contributed by atoms with Crippen LogP contribution >= 0.6 is 12.4 Å². The Labute approximate surface area is 101 Å². The topological polar surface area (TPSA) is 89.6 Å². The van der Waals surface area contributed by atoms with E-state index in [1.54, 1.807) is 0 Å². The van der Waals surface area contributed by atoms with Crippen LogP contribution in [0.25, 0.3) is 0 Å². The van der Waals surface area contributed by atoms with Crippen molar-refractivity contribution in [2.45, 2.75) is 12.5 Å². The lowest BCUT2D eigenvalue weighted by Crippen LogP contribution is -2.44. The molecule has 0 amide bonds. The lowest BCUT2D eigenvalue weighted by Gasteiger charge is -2.28. The second kappa shape index (κ2) is 7.43. The van der Waals surface area contributed by atoms with Gasteiger partial charge in [-0.15, -0.1) is 12.4 Å². The first-order valence-electron chi connectivity index (χ1n) is 4.66. The van der Waals surface area contributed by atoms with E-state index < -0.39 is 18.0 Å². The average molecular weight is 256 g/mol. The highest BCUT2D eigenvalue weighted by molar-refractivity contribution is 5.85. The molecule has 1 atom stereocenters. The molecular weight excluding hydrogens is 236 g/mol. The van der Waals surface area contributed by atoms with Crippen LogP contribution in [0.1, 0.15) is 6.42 Å². The summed E-state index contributed by atoms with van der Waals surface area (Å²) < 4.78 is 5.45. The lowest BCUT2D eigenvalue weighted by atomic mass is 10.2. The van der Waals surface area contributed by atoms with Gasteiger partial charge in [0, 0.05) is 0 Å². The van der Waals surface area contributed by atoms with Crippen molar-refractivity contribution in [1.29, 1.82) is 0 Å². The van der Waals surface area contributed by atoms with Gasteiger partial charge in [-0.3, -0.25) is 9.59 Å². The van der Waals surface area contributed by atoms with Gasteiger partial charge in [0.2, 0.25) is 0 Å². The highest BCUT2D eigenvalue weighted by atomic mass is 35.5. The fraction of sp³-hybridized carbons (Fsp3) is 0.778. The summed E-state index contributed by atoms with van der Waals surface area (Å²) in [6, 6.07) is 0. The largest absolute Gasteiger partial charge is 0.481 e. The predicted molar refractivity (Wildman–Crippen MR) is 61.3 cm³/mol. The number of carbonyl (C=O) groups excluding carboxylic acids is 1. The first-order valence-corrected chi connectivity index (χ1v) is 4.66. The Kier molecular flexibility index (Phi) is 8.14. The van der Waals surface area contributed by atoms with Crippen LogP contribution in [0.4, 0.5) is 0 Å². The molecule has 0 aliphatic rings. The molecule has 0 radical (unpaired) electrons. The van der Waals surface area contributed by atoms with E-state index in [1.165, 1.54) is 0 Å². The third-order valence-corrected chi connectivity index (χ3v) is 1.62. The van der Waals surface area contributed by atoms with Crippen LogP contribution in [0.15, 0.2) is 0 Å². The fourth-order valence-corrected chi connectivity index (χ4v) is 1.18. The Morgan fingerprint density at radius 3 is 2.19 bits per heavy atom. The van der Waals surface area contributed by atoms with Gasteiger partial charge < -0.3 is 20.1 Å². The molecular formula is C9H20ClN2O4+. The SMILES string of the molecule is C[N+](C)(C)C[C@H](CC(=O)O)OC(=O)CN.Cl. The summed E-state index contributed by atoms with van der Waals surface area (Å²) in [6.45, 7) is 0.214. The molecule has 0 aromatic carbocycles. The molecule has 0 saturated heterocycles. The van der Waals surface area contributed by atoms with Crippen molar-refractivity contribution in [3.63, 3.8) is 0 Å². The molecule has 0 rings (SSSR count). The Balaban J connectivity index is 0. The molecule has 0 aliphatic heterocycles. The summed E-state index contributed by atoms with van der Waals surface area (Å²) in [7, 11) is 5.68. The van der Waals surface area contributed by atoms with E-state index in [9.17, 15) is 9.59 Å². The molecule has 16 heavy (non-hydrogen) atoms.